The van der Waals surface area contributed by atoms with Crippen molar-refractivity contribution in [3.63, 3.8) is 0 Å². The fraction of sp³-hybridized carbons (Fsp3) is 0.826. The van der Waals surface area contributed by atoms with E-state index in [0.29, 0.717) is 42.4 Å². The molecule has 4 saturated carbocycles. The molecule has 0 aromatic heterocycles. The van der Waals surface area contributed by atoms with Crippen LogP contribution in [0.1, 0.15) is 131 Å². The largest absolute Gasteiger partial charge is 0.468 e. The Labute approximate surface area is 328 Å². The lowest BCUT2D eigenvalue weighted by Crippen LogP contribution is -2.68. The number of nitrogens with zero attached hydrogens (tertiary/aromatic N) is 2. The lowest BCUT2D eigenvalue weighted by atomic mass is 9.33. The van der Waals surface area contributed by atoms with Crippen LogP contribution in [0.4, 0.5) is 0 Å². The highest BCUT2D eigenvalue weighted by atomic mass is 32.2. The van der Waals surface area contributed by atoms with Crippen molar-refractivity contribution < 1.29 is 17.9 Å². The maximum absolute atomic E-state index is 12.6. The summed E-state index contributed by atoms with van der Waals surface area (Å²) in [5.74, 6) is 2.74. The van der Waals surface area contributed by atoms with Crippen molar-refractivity contribution in [1.82, 2.24) is 10.2 Å². The van der Waals surface area contributed by atoms with Crippen LogP contribution in [-0.4, -0.2) is 69.6 Å². The minimum atomic E-state index is -2.95. The molecule has 7 nitrogen and oxygen atoms in total. The van der Waals surface area contributed by atoms with E-state index in [0.717, 1.165) is 51.9 Å². The van der Waals surface area contributed by atoms with E-state index in [1.165, 1.54) is 81.5 Å². The number of piperidine rings is 1. The molecule has 5 fully saturated rings. The highest BCUT2D eigenvalue weighted by Gasteiger charge is 2.70. The Morgan fingerprint density at radius 3 is 2.28 bits per heavy atom. The second kappa shape index (κ2) is 13.9. The monoisotopic (exact) mass is 762 g/mol. The van der Waals surface area contributed by atoms with E-state index in [9.17, 15) is 18.5 Å². The molecular weight excluding hydrogens is 691 g/mol. The molecule has 0 spiro atoms. The number of fused-ring (bicyclic) bond motifs is 7. The highest BCUT2D eigenvalue weighted by Crippen LogP contribution is 2.76. The number of rotatable bonds is 8. The van der Waals surface area contributed by atoms with E-state index >= 15 is 0 Å². The van der Waals surface area contributed by atoms with E-state index in [1.807, 2.05) is 0 Å². The first-order valence-corrected chi connectivity index (χ1v) is 23.5. The number of hydrogen-bond acceptors (Lipinski definition) is 7. The van der Waals surface area contributed by atoms with E-state index in [4.69, 9.17) is 4.74 Å². The summed E-state index contributed by atoms with van der Waals surface area (Å²) < 4.78 is 29.4. The third-order valence-electron chi connectivity index (χ3n) is 18.3. The first-order chi connectivity index (χ1) is 25.3. The summed E-state index contributed by atoms with van der Waals surface area (Å²) in [5.41, 5.74) is 4.11. The molecule has 300 valence electrons. The van der Waals surface area contributed by atoms with Gasteiger partial charge in [-0.15, -0.1) is 0 Å². The van der Waals surface area contributed by atoms with Crippen LogP contribution in [0.3, 0.4) is 0 Å². The van der Waals surface area contributed by atoms with Crippen LogP contribution >= 0.6 is 0 Å². The first-order valence-electron chi connectivity index (χ1n) is 21.5. The molecule has 54 heavy (non-hydrogen) atoms. The number of esters is 1. The van der Waals surface area contributed by atoms with Crippen molar-refractivity contribution in [3.05, 3.63) is 35.5 Å². The zero-order chi connectivity index (χ0) is 39.1. The van der Waals surface area contributed by atoms with Crippen molar-refractivity contribution in [2.45, 2.75) is 142 Å². The molecule has 1 N–H and O–H groups in total. The van der Waals surface area contributed by atoms with Gasteiger partial charge in [0.1, 0.15) is 9.84 Å². The van der Waals surface area contributed by atoms with Crippen LogP contribution in [-0.2, 0) is 19.4 Å². The molecule has 1 saturated heterocycles. The predicted octanol–water partition coefficient (Wildman–Crippen LogP) is 8.82. The maximum Gasteiger partial charge on any atom is 0.326 e. The third-order valence-corrected chi connectivity index (χ3v) is 20.0. The number of ether oxygens (including phenoxy) is 1. The molecule has 3 unspecified atom stereocenters. The van der Waals surface area contributed by atoms with Crippen molar-refractivity contribution in [2.24, 2.45) is 56.7 Å². The molecule has 7 aliphatic rings. The average Bonchev–Trinajstić information content (AvgIpc) is 3.51. The van der Waals surface area contributed by atoms with Gasteiger partial charge in [-0.3, -0.25) is 4.79 Å². The summed E-state index contributed by atoms with van der Waals surface area (Å²) in [4.78, 5) is 15.1. The van der Waals surface area contributed by atoms with Crippen molar-refractivity contribution in [1.29, 1.82) is 5.26 Å². The molecule has 1 heterocycles. The van der Waals surface area contributed by atoms with Crippen molar-refractivity contribution in [2.75, 3.05) is 39.5 Å². The zero-order valence-corrected chi connectivity index (χ0v) is 35.8. The standard InChI is InChI=1S/C46H71N3O4S/c1-31(2)34-14-23-46(48-26-29-49-27-17-33(18-28-49)54(9,51)52)25-24-43(6)36(39(34)46)10-11-38-42(5)19-15-35(41(3,4)37(42)16-20-44(38,43)7)32-12-21-45(30-47,22-13-32)40(50)53-8/h12,15,33-34,36-39,48H,1,10-11,13-14,16-29H2,2-9H3/t34-,36+,37?,38+,39?,42-,43+,44+,45?,46-/m0/s1. The van der Waals surface area contributed by atoms with Crippen LogP contribution in [0.2, 0.25) is 0 Å². The molecule has 0 aromatic carbocycles. The van der Waals surface area contributed by atoms with Crippen molar-refractivity contribution >= 4 is 15.8 Å². The van der Waals surface area contributed by atoms with Gasteiger partial charge in [0.2, 0.25) is 0 Å². The van der Waals surface area contributed by atoms with Gasteiger partial charge >= 0.3 is 5.97 Å². The van der Waals surface area contributed by atoms with E-state index < -0.39 is 21.2 Å². The highest BCUT2D eigenvalue weighted by molar-refractivity contribution is 7.91. The second-order valence-corrected chi connectivity index (χ2v) is 23.1. The van der Waals surface area contributed by atoms with Crippen LogP contribution in [0.25, 0.3) is 0 Å². The fourth-order valence-electron chi connectivity index (χ4n) is 15.3. The Bertz CT molecular complexity index is 1730. The van der Waals surface area contributed by atoms with Gasteiger partial charge in [0.05, 0.1) is 18.4 Å². The number of carbonyl (C=O) groups excluding carboxylic acids is 1. The number of likely N-dealkylation sites (tertiary alicyclic amines) is 1. The van der Waals surface area contributed by atoms with Gasteiger partial charge in [0, 0.05) is 24.9 Å². The van der Waals surface area contributed by atoms with Gasteiger partial charge in [0.15, 0.2) is 5.41 Å². The molecule has 0 bridgehead atoms. The third kappa shape index (κ3) is 6.05. The van der Waals surface area contributed by atoms with Gasteiger partial charge in [-0.2, -0.15) is 5.26 Å². The van der Waals surface area contributed by atoms with Crippen LogP contribution in [0.5, 0.6) is 0 Å². The Morgan fingerprint density at radius 2 is 1.67 bits per heavy atom. The number of nitrogens with one attached hydrogen (secondary N) is 1. The van der Waals surface area contributed by atoms with Gasteiger partial charge in [-0.25, -0.2) is 8.42 Å². The Balaban J connectivity index is 1.11. The summed E-state index contributed by atoms with van der Waals surface area (Å²) in [7, 11) is -1.56. The van der Waals surface area contributed by atoms with E-state index in [2.05, 4.69) is 76.6 Å². The fourth-order valence-corrected chi connectivity index (χ4v) is 16.3. The molecule has 7 rings (SSSR count). The number of hydrogen-bond donors (Lipinski definition) is 1. The van der Waals surface area contributed by atoms with Crippen LogP contribution in [0, 0.1) is 68.0 Å². The molecule has 0 radical (unpaired) electrons. The van der Waals surface area contributed by atoms with Gasteiger partial charge < -0.3 is 15.0 Å². The number of sulfone groups is 1. The lowest BCUT2D eigenvalue weighted by Gasteiger charge is -2.72. The number of allylic oxidation sites excluding steroid dienone is 5. The maximum atomic E-state index is 12.6. The summed E-state index contributed by atoms with van der Waals surface area (Å²) in [6, 6.07) is 2.31. The molecule has 0 amide bonds. The SMILES string of the molecule is C=C(C)[C@@H]1CC[C@]2(NCCN3CCC(S(C)(=O)=O)CC3)CC[C@]3(C)[C@H](CC[C@@H]4[C@@]5(C)CC=C(C6=CCC(C#N)(C(=O)OC)CC6)C(C)(C)C5CC[C@]43C)C12. The van der Waals surface area contributed by atoms with Crippen LogP contribution < -0.4 is 5.32 Å². The predicted molar refractivity (Wildman–Crippen MR) is 217 cm³/mol. The van der Waals surface area contributed by atoms with Crippen molar-refractivity contribution in [3.8, 4) is 6.07 Å². The topological polar surface area (TPSA) is 99.5 Å². The number of nitriles is 1. The first kappa shape index (κ1) is 40.3. The minimum Gasteiger partial charge on any atom is -0.468 e. The number of carbonyl (C=O) groups is 1. The van der Waals surface area contributed by atoms with E-state index in [1.54, 1.807) is 0 Å². The lowest BCUT2D eigenvalue weighted by molar-refractivity contribution is -0.221. The molecule has 8 heteroatoms. The second-order valence-electron chi connectivity index (χ2n) is 20.8. The summed E-state index contributed by atoms with van der Waals surface area (Å²) >= 11 is 0. The normalized spacial score (nSPS) is 43.6. The summed E-state index contributed by atoms with van der Waals surface area (Å²) in [5, 5.41) is 14.1. The molecular formula is C46H71N3O4S. The summed E-state index contributed by atoms with van der Waals surface area (Å²) in [6.07, 6.45) is 20.7. The Kier molecular flexibility index (Phi) is 10.3. The Hall–Kier alpha value is -1.95. The van der Waals surface area contributed by atoms with Gasteiger partial charge in [0.25, 0.3) is 0 Å². The molecule has 1 aliphatic heterocycles. The quantitative estimate of drug-likeness (QED) is 0.195. The smallest absolute Gasteiger partial charge is 0.326 e. The molecule has 6 aliphatic carbocycles. The Morgan fingerprint density at radius 1 is 0.944 bits per heavy atom. The van der Waals surface area contributed by atoms with Crippen LogP contribution in [0.15, 0.2) is 35.5 Å². The van der Waals surface area contributed by atoms with E-state index in [-0.39, 0.29) is 32.4 Å². The average molecular weight is 762 g/mol. The van der Waals surface area contributed by atoms with Gasteiger partial charge in [-0.05, 0) is 172 Å². The van der Waals surface area contributed by atoms with Gasteiger partial charge in [-0.1, -0.05) is 58.9 Å². The molecule has 10 atom stereocenters. The minimum absolute atomic E-state index is 0.0258. The molecule has 0 aromatic rings. The number of methoxy groups -OCH3 is 1. The summed E-state index contributed by atoms with van der Waals surface area (Å²) in [6.45, 7) is 23.7. The zero-order valence-electron chi connectivity index (χ0n) is 35.0.